The molecule has 1 rings (SSSR count). The summed E-state index contributed by atoms with van der Waals surface area (Å²) in [7, 11) is -0.0231. The van der Waals surface area contributed by atoms with Gasteiger partial charge < -0.3 is 0 Å². The first kappa shape index (κ1) is 9.79. The molecule has 0 fully saturated rings. The number of benzene rings is 1. The zero-order chi connectivity index (χ0) is 9.52. The third kappa shape index (κ3) is 2.90. The highest BCUT2D eigenvalue weighted by Crippen LogP contribution is 2.26. The minimum atomic E-state index is -0.234. The Bertz CT molecular complexity index is 320. The molecule has 0 N–H and O–H groups in total. The number of aliphatic imine (C=N–C) groups is 1. The molecular weight excluding hydrogens is 185 g/mol. The Morgan fingerprint density at radius 1 is 1.38 bits per heavy atom. The van der Waals surface area contributed by atoms with Gasteiger partial charge in [0.05, 0.1) is 12.2 Å². The second-order valence-electron chi connectivity index (χ2n) is 2.46. The summed E-state index contributed by atoms with van der Waals surface area (Å²) in [6, 6.07) is 9.31. The first-order chi connectivity index (χ1) is 6.38. The van der Waals surface area contributed by atoms with E-state index in [1.807, 2.05) is 30.3 Å². The fraction of sp³-hybridized carbons (Fsp3) is 0.222. The molecule has 13 heavy (non-hydrogen) atoms. The standard InChI is InChI=1S/C9H8NO2P/c11-7-10-6-9(13-12)8-4-2-1-3-5-8/h1-5,9H,6H2. The Kier molecular flexibility index (Phi) is 4.04. The quantitative estimate of drug-likeness (QED) is 0.418. The number of isocyanates is 1. The van der Waals surface area contributed by atoms with Crippen LogP contribution in [0.4, 0.5) is 0 Å². The minimum Gasteiger partial charge on any atom is -0.274 e. The molecule has 1 aromatic rings. The summed E-state index contributed by atoms with van der Waals surface area (Å²) < 4.78 is 10.7. The second kappa shape index (κ2) is 5.36. The Hall–Kier alpha value is -1.30. The van der Waals surface area contributed by atoms with Crippen molar-refractivity contribution < 1.29 is 9.36 Å². The predicted molar refractivity (Wildman–Crippen MR) is 49.8 cm³/mol. The molecule has 0 aromatic heterocycles. The smallest absolute Gasteiger partial charge is 0.234 e. The van der Waals surface area contributed by atoms with Gasteiger partial charge in [-0.2, -0.15) is 0 Å². The van der Waals surface area contributed by atoms with Gasteiger partial charge in [-0.1, -0.05) is 30.3 Å². The van der Waals surface area contributed by atoms with Crippen molar-refractivity contribution in [2.24, 2.45) is 4.99 Å². The lowest BCUT2D eigenvalue weighted by atomic mass is 10.1. The van der Waals surface area contributed by atoms with Crippen molar-refractivity contribution in [3.8, 4) is 0 Å². The van der Waals surface area contributed by atoms with Crippen LogP contribution in [0.1, 0.15) is 11.2 Å². The van der Waals surface area contributed by atoms with E-state index >= 15 is 0 Å². The maximum atomic E-state index is 10.7. The van der Waals surface area contributed by atoms with E-state index in [4.69, 9.17) is 0 Å². The van der Waals surface area contributed by atoms with E-state index in [0.29, 0.717) is 0 Å². The average Bonchev–Trinajstić information content (AvgIpc) is 2.21. The summed E-state index contributed by atoms with van der Waals surface area (Å²) in [4.78, 5) is 13.3. The largest absolute Gasteiger partial charge is 0.274 e. The molecule has 1 atom stereocenters. The van der Waals surface area contributed by atoms with Crippen LogP contribution in [-0.4, -0.2) is 12.6 Å². The van der Waals surface area contributed by atoms with Gasteiger partial charge in [0.2, 0.25) is 6.08 Å². The van der Waals surface area contributed by atoms with Crippen LogP contribution in [0.2, 0.25) is 0 Å². The molecular formula is C9H8NO2P. The topological polar surface area (TPSA) is 46.5 Å². The van der Waals surface area contributed by atoms with Crippen molar-refractivity contribution in [2.45, 2.75) is 5.66 Å². The molecule has 3 nitrogen and oxygen atoms in total. The number of nitrogens with zero attached hydrogens (tertiary/aromatic N) is 1. The van der Waals surface area contributed by atoms with Crippen molar-refractivity contribution in [3.63, 3.8) is 0 Å². The summed E-state index contributed by atoms with van der Waals surface area (Å²) >= 11 is 0. The van der Waals surface area contributed by atoms with Crippen LogP contribution in [0.25, 0.3) is 0 Å². The van der Waals surface area contributed by atoms with Gasteiger partial charge in [0, 0.05) is 0 Å². The van der Waals surface area contributed by atoms with Gasteiger partial charge in [0.15, 0.2) is 8.46 Å². The van der Waals surface area contributed by atoms with E-state index in [9.17, 15) is 9.36 Å². The van der Waals surface area contributed by atoms with E-state index in [-0.39, 0.29) is 20.7 Å². The van der Waals surface area contributed by atoms with E-state index in [1.165, 1.54) is 6.08 Å². The van der Waals surface area contributed by atoms with E-state index < -0.39 is 0 Å². The van der Waals surface area contributed by atoms with Crippen LogP contribution in [0.5, 0.6) is 0 Å². The van der Waals surface area contributed by atoms with Crippen molar-refractivity contribution in [3.05, 3.63) is 35.9 Å². The van der Waals surface area contributed by atoms with Gasteiger partial charge in [0.1, 0.15) is 0 Å². The van der Waals surface area contributed by atoms with E-state index in [2.05, 4.69) is 4.99 Å². The van der Waals surface area contributed by atoms with Crippen LogP contribution < -0.4 is 0 Å². The number of hydrogen-bond donors (Lipinski definition) is 0. The van der Waals surface area contributed by atoms with Crippen molar-refractivity contribution in [2.75, 3.05) is 6.54 Å². The lowest BCUT2D eigenvalue weighted by molar-refractivity contribution is 0.562. The summed E-state index contributed by atoms with van der Waals surface area (Å²) in [5.41, 5.74) is 0.681. The van der Waals surface area contributed by atoms with Crippen molar-refractivity contribution >= 4 is 14.5 Å². The zero-order valence-corrected chi connectivity index (χ0v) is 7.78. The van der Waals surface area contributed by atoms with Crippen molar-refractivity contribution in [1.82, 2.24) is 0 Å². The lowest BCUT2D eigenvalue weighted by Gasteiger charge is -2.03. The van der Waals surface area contributed by atoms with Gasteiger partial charge in [-0.15, -0.1) is 0 Å². The highest BCUT2D eigenvalue weighted by Gasteiger charge is 2.09. The molecule has 0 aliphatic heterocycles. The van der Waals surface area contributed by atoms with E-state index in [1.54, 1.807) is 0 Å². The Morgan fingerprint density at radius 2 is 2.08 bits per heavy atom. The third-order valence-corrected chi connectivity index (χ3v) is 2.36. The summed E-state index contributed by atoms with van der Waals surface area (Å²) in [5, 5.41) is 0. The minimum absolute atomic E-state index is 0.0231. The second-order valence-corrected chi connectivity index (χ2v) is 3.30. The Balaban J connectivity index is 2.78. The molecule has 66 valence electrons. The summed E-state index contributed by atoms with van der Waals surface area (Å²) in [5.74, 6) is 0. The van der Waals surface area contributed by atoms with Crippen LogP contribution >= 0.6 is 8.46 Å². The lowest BCUT2D eigenvalue weighted by Crippen LogP contribution is -1.93. The average molecular weight is 193 g/mol. The molecule has 0 bridgehead atoms. The maximum Gasteiger partial charge on any atom is 0.234 e. The van der Waals surface area contributed by atoms with Gasteiger partial charge >= 0.3 is 0 Å². The molecule has 0 aliphatic rings. The molecule has 0 spiro atoms. The first-order valence-corrected chi connectivity index (χ1v) is 4.67. The Labute approximate surface area is 77.7 Å². The monoisotopic (exact) mass is 193 g/mol. The van der Waals surface area contributed by atoms with Gasteiger partial charge in [-0.25, -0.2) is 9.79 Å². The number of hydrogen-bond acceptors (Lipinski definition) is 3. The highest BCUT2D eigenvalue weighted by molar-refractivity contribution is 7.24. The molecule has 1 aromatic carbocycles. The maximum absolute atomic E-state index is 10.7. The normalized spacial score (nSPS) is 12.0. The molecule has 0 saturated heterocycles. The summed E-state index contributed by atoms with van der Waals surface area (Å²) in [6.45, 7) is 0.221. The molecule has 0 amide bonds. The van der Waals surface area contributed by atoms with Crippen LogP contribution in [-0.2, 0) is 9.36 Å². The Morgan fingerprint density at radius 3 is 2.62 bits per heavy atom. The third-order valence-electron chi connectivity index (χ3n) is 1.64. The van der Waals surface area contributed by atoms with Crippen LogP contribution in [0, 0.1) is 0 Å². The SMILES string of the molecule is O=C=NCC(P=O)c1ccccc1. The van der Waals surface area contributed by atoms with Crippen molar-refractivity contribution in [1.29, 1.82) is 0 Å². The molecule has 0 heterocycles. The molecule has 0 aliphatic carbocycles. The van der Waals surface area contributed by atoms with Gasteiger partial charge in [0.25, 0.3) is 0 Å². The predicted octanol–water partition coefficient (Wildman–Crippen LogP) is 2.36. The molecule has 1 unspecified atom stereocenters. The fourth-order valence-corrected chi connectivity index (χ4v) is 1.44. The number of rotatable bonds is 4. The molecule has 0 radical (unpaired) electrons. The first-order valence-electron chi connectivity index (χ1n) is 3.79. The highest BCUT2D eigenvalue weighted by atomic mass is 31.1. The van der Waals surface area contributed by atoms with Crippen LogP contribution in [0.3, 0.4) is 0 Å². The van der Waals surface area contributed by atoms with E-state index in [0.717, 1.165) is 5.56 Å². The fourth-order valence-electron chi connectivity index (χ4n) is 0.999. The zero-order valence-electron chi connectivity index (χ0n) is 6.88. The van der Waals surface area contributed by atoms with Crippen LogP contribution in [0.15, 0.2) is 35.3 Å². The molecule has 0 saturated carbocycles. The summed E-state index contributed by atoms with van der Waals surface area (Å²) in [6.07, 6.45) is 1.43. The van der Waals surface area contributed by atoms with Gasteiger partial charge in [-0.3, -0.25) is 4.57 Å². The molecule has 4 heteroatoms. The van der Waals surface area contributed by atoms with Gasteiger partial charge in [-0.05, 0) is 5.56 Å². The number of carbonyl (C=O) groups excluding carboxylic acids is 1.